The molecule has 0 fully saturated rings. The zero-order valence-corrected chi connectivity index (χ0v) is 18.6. The normalized spacial score (nSPS) is 10.9. The van der Waals surface area contributed by atoms with Crippen LogP contribution in [0.4, 0.5) is 0 Å². The van der Waals surface area contributed by atoms with Crippen molar-refractivity contribution in [1.82, 2.24) is 30.9 Å². The SMILES string of the molecule is CCCCc1c(O)c[nH]c1CCC(=O)NCc1ccc(-c2ccccc2-c2nn[nH]n2)cc1. The summed E-state index contributed by atoms with van der Waals surface area (Å²) in [5, 5.41) is 27.3. The Kier molecular flexibility index (Phi) is 7.14. The van der Waals surface area contributed by atoms with Gasteiger partial charge in [-0.3, -0.25) is 4.79 Å². The summed E-state index contributed by atoms with van der Waals surface area (Å²) in [4.78, 5) is 15.5. The summed E-state index contributed by atoms with van der Waals surface area (Å²) in [6.07, 6.45) is 5.46. The number of tetrazole rings is 1. The van der Waals surface area contributed by atoms with Crippen molar-refractivity contribution >= 4 is 5.91 Å². The van der Waals surface area contributed by atoms with Gasteiger partial charge in [0.25, 0.3) is 0 Å². The van der Waals surface area contributed by atoms with Crippen molar-refractivity contribution in [3.8, 4) is 28.3 Å². The van der Waals surface area contributed by atoms with E-state index in [1.165, 1.54) is 0 Å². The Morgan fingerprint density at radius 1 is 1.06 bits per heavy atom. The summed E-state index contributed by atoms with van der Waals surface area (Å²) in [7, 11) is 0. The number of aryl methyl sites for hydroxylation is 1. The second-order valence-electron chi connectivity index (χ2n) is 7.99. The van der Waals surface area contributed by atoms with Crippen LogP contribution in [0, 0.1) is 0 Å². The third-order valence-electron chi connectivity index (χ3n) is 5.71. The molecule has 4 rings (SSSR count). The minimum atomic E-state index is -0.0166. The van der Waals surface area contributed by atoms with Crippen LogP contribution in [0.1, 0.15) is 43.0 Å². The van der Waals surface area contributed by atoms with Gasteiger partial charge in [0.2, 0.25) is 11.7 Å². The molecular weight excluding hydrogens is 416 g/mol. The number of hydrogen-bond donors (Lipinski definition) is 4. The maximum Gasteiger partial charge on any atom is 0.220 e. The van der Waals surface area contributed by atoms with Crippen molar-refractivity contribution < 1.29 is 9.90 Å². The summed E-state index contributed by atoms with van der Waals surface area (Å²) in [5.41, 5.74) is 5.85. The molecule has 0 saturated heterocycles. The summed E-state index contributed by atoms with van der Waals surface area (Å²) < 4.78 is 0. The van der Waals surface area contributed by atoms with Gasteiger partial charge in [-0.25, -0.2) is 0 Å². The maximum absolute atomic E-state index is 12.4. The summed E-state index contributed by atoms with van der Waals surface area (Å²) in [6.45, 7) is 2.58. The number of rotatable bonds is 10. The smallest absolute Gasteiger partial charge is 0.220 e. The summed E-state index contributed by atoms with van der Waals surface area (Å²) in [5.74, 6) is 0.826. The standard InChI is InChI=1S/C25H28N6O2/c1-2-3-6-21-22(26-16-23(21)32)13-14-24(33)27-15-17-9-11-18(12-10-17)19-7-4-5-8-20(19)25-28-30-31-29-25/h4-5,7-12,16,26,32H,2-3,6,13-15H2,1H3,(H,27,33)(H,28,29,30,31). The van der Waals surface area contributed by atoms with E-state index in [1.807, 2.05) is 48.5 Å². The molecule has 2 aromatic heterocycles. The fraction of sp³-hybridized carbons (Fsp3) is 0.280. The minimum absolute atomic E-state index is 0.0166. The first-order valence-electron chi connectivity index (χ1n) is 11.2. The van der Waals surface area contributed by atoms with Crippen molar-refractivity contribution in [2.75, 3.05) is 0 Å². The van der Waals surface area contributed by atoms with E-state index in [0.717, 1.165) is 52.8 Å². The Morgan fingerprint density at radius 2 is 1.85 bits per heavy atom. The van der Waals surface area contributed by atoms with Gasteiger partial charge in [-0.2, -0.15) is 5.21 Å². The molecule has 2 heterocycles. The van der Waals surface area contributed by atoms with Gasteiger partial charge in [0.1, 0.15) is 5.75 Å². The van der Waals surface area contributed by atoms with E-state index in [4.69, 9.17) is 0 Å². The van der Waals surface area contributed by atoms with Gasteiger partial charge in [0, 0.05) is 36.0 Å². The van der Waals surface area contributed by atoms with E-state index in [9.17, 15) is 9.90 Å². The fourth-order valence-electron chi connectivity index (χ4n) is 3.88. The number of aromatic amines is 2. The van der Waals surface area contributed by atoms with Gasteiger partial charge in [-0.1, -0.05) is 61.9 Å². The zero-order valence-electron chi connectivity index (χ0n) is 18.6. The largest absolute Gasteiger partial charge is 0.506 e. The highest BCUT2D eigenvalue weighted by Gasteiger charge is 2.13. The third-order valence-corrected chi connectivity index (χ3v) is 5.71. The van der Waals surface area contributed by atoms with E-state index in [1.54, 1.807) is 6.20 Å². The lowest BCUT2D eigenvalue weighted by molar-refractivity contribution is -0.121. The van der Waals surface area contributed by atoms with Crippen LogP contribution in [0.3, 0.4) is 0 Å². The lowest BCUT2D eigenvalue weighted by Gasteiger charge is -2.09. The first-order chi connectivity index (χ1) is 16.2. The highest BCUT2D eigenvalue weighted by molar-refractivity contribution is 5.80. The van der Waals surface area contributed by atoms with Crippen molar-refractivity contribution in [2.24, 2.45) is 0 Å². The van der Waals surface area contributed by atoms with Crippen molar-refractivity contribution in [2.45, 2.75) is 45.6 Å². The molecule has 4 aromatic rings. The van der Waals surface area contributed by atoms with Gasteiger partial charge in [-0.15, -0.1) is 10.2 Å². The van der Waals surface area contributed by atoms with Gasteiger partial charge < -0.3 is 15.4 Å². The maximum atomic E-state index is 12.4. The minimum Gasteiger partial charge on any atom is -0.506 e. The Balaban J connectivity index is 1.33. The molecule has 0 aliphatic heterocycles. The predicted octanol–water partition coefficient (Wildman–Crippen LogP) is 4.16. The van der Waals surface area contributed by atoms with Crippen LogP contribution in [0.15, 0.2) is 54.7 Å². The Bertz CT molecular complexity index is 1180. The van der Waals surface area contributed by atoms with E-state index < -0.39 is 0 Å². The van der Waals surface area contributed by atoms with E-state index in [2.05, 4.69) is 37.8 Å². The molecule has 2 aromatic carbocycles. The quantitative estimate of drug-likeness (QED) is 0.293. The average Bonchev–Trinajstić information content (AvgIpc) is 3.50. The fourth-order valence-corrected chi connectivity index (χ4v) is 3.88. The van der Waals surface area contributed by atoms with Crippen LogP contribution in [-0.4, -0.2) is 36.6 Å². The average molecular weight is 445 g/mol. The van der Waals surface area contributed by atoms with Gasteiger partial charge >= 0.3 is 0 Å². The molecule has 0 spiro atoms. The molecule has 0 bridgehead atoms. The molecule has 170 valence electrons. The van der Waals surface area contributed by atoms with Crippen molar-refractivity contribution in [1.29, 1.82) is 0 Å². The highest BCUT2D eigenvalue weighted by Crippen LogP contribution is 2.29. The molecule has 0 aliphatic rings. The van der Waals surface area contributed by atoms with Crippen LogP contribution in [0.2, 0.25) is 0 Å². The number of unbranched alkanes of at least 4 members (excludes halogenated alkanes) is 1. The number of H-pyrrole nitrogens is 2. The predicted molar refractivity (Wildman–Crippen MR) is 126 cm³/mol. The Morgan fingerprint density at radius 3 is 2.58 bits per heavy atom. The Labute approximate surface area is 192 Å². The number of carbonyl (C=O) groups is 1. The third kappa shape index (κ3) is 5.46. The number of nitrogens with one attached hydrogen (secondary N) is 3. The molecule has 0 radical (unpaired) electrons. The number of benzene rings is 2. The first kappa shape index (κ1) is 22.3. The number of amides is 1. The molecule has 33 heavy (non-hydrogen) atoms. The van der Waals surface area contributed by atoms with Crippen LogP contribution in [-0.2, 0) is 24.2 Å². The van der Waals surface area contributed by atoms with Crippen molar-refractivity contribution in [3.05, 3.63) is 71.5 Å². The second kappa shape index (κ2) is 10.6. The monoisotopic (exact) mass is 444 g/mol. The lowest BCUT2D eigenvalue weighted by atomic mass is 9.98. The van der Waals surface area contributed by atoms with Crippen LogP contribution >= 0.6 is 0 Å². The number of hydrogen-bond acceptors (Lipinski definition) is 5. The Hall–Kier alpha value is -3.94. The molecule has 0 unspecified atom stereocenters. The molecule has 0 saturated carbocycles. The van der Waals surface area contributed by atoms with Crippen LogP contribution < -0.4 is 5.32 Å². The lowest BCUT2D eigenvalue weighted by Crippen LogP contribution is -2.23. The van der Waals surface area contributed by atoms with E-state index in [-0.39, 0.29) is 5.91 Å². The topological polar surface area (TPSA) is 120 Å². The van der Waals surface area contributed by atoms with Gasteiger partial charge in [0.05, 0.1) is 0 Å². The molecule has 0 atom stereocenters. The van der Waals surface area contributed by atoms with Crippen LogP contribution in [0.25, 0.3) is 22.5 Å². The summed E-state index contributed by atoms with van der Waals surface area (Å²) in [6, 6.07) is 16.0. The van der Waals surface area contributed by atoms with Gasteiger partial charge in [0.15, 0.2) is 0 Å². The molecule has 4 N–H and O–H groups in total. The number of aromatic hydroxyl groups is 1. The van der Waals surface area contributed by atoms with Crippen molar-refractivity contribution in [3.63, 3.8) is 0 Å². The number of carbonyl (C=O) groups excluding carboxylic acids is 1. The molecule has 8 nitrogen and oxygen atoms in total. The highest BCUT2D eigenvalue weighted by atomic mass is 16.3. The second-order valence-corrected chi connectivity index (χ2v) is 7.99. The summed E-state index contributed by atoms with van der Waals surface area (Å²) >= 11 is 0. The number of aromatic nitrogens is 5. The zero-order chi connectivity index (χ0) is 23.0. The van der Waals surface area contributed by atoms with E-state index in [0.29, 0.717) is 31.0 Å². The van der Waals surface area contributed by atoms with Crippen LogP contribution in [0.5, 0.6) is 5.75 Å². The number of nitrogens with zero attached hydrogens (tertiary/aromatic N) is 3. The molecule has 0 aliphatic carbocycles. The molecule has 1 amide bonds. The molecule has 8 heteroatoms. The first-order valence-corrected chi connectivity index (χ1v) is 11.2. The van der Waals surface area contributed by atoms with E-state index >= 15 is 0 Å². The van der Waals surface area contributed by atoms with Gasteiger partial charge in [-0.05, 0) is 41.2 Å². The molecular formula is C25H28N6O2.